The summed E-state index contributed by atoms with van der Waals surface area (Å²) in [5.74, 6) is -1.27. The number of amides is 3. The van der Waals surface area contributed by atoms with E-state index in [0.29, 0.717) is 13.1 Å². The molecule has 1 fully saturated rings. The molecule has 0 radical (unpaired) electrons. The highest BCUT2D eigenvalue weighted by Gasteiger charge is 2.43. The van der Waals surface area contributed by atoms with E-state index in [1.54, 1.807) is 25.8 Å². The van der Waals surface area contributed by atoms with E-state index in [4.69, 9.17) is 5.11 Å². The molecule has 1 unspecified atom stereocenters. The molecule has 1 aliphatic heterocycles. The minimum Gasteiger partial charge on any atom is -0.480 e. The molecular formula is C11H19N3O4. The van der Waals surface area contributed by atoms with Crippen LogP contribution in [0.3, 0.4) is 0 Å². The Kier molecular flexibility index (Phi) is 3.83. The Morgan fingerprint density at radius 1 is 1.39 bits per heavy atom. The fourth-order valence-corrected chi connectivity index (χ4v) is 1.89. The van der Waals surface area contributed by atoms with Crippen molar-refractivity contribution < 1.29 is 19.5 Å². The summed E-state index contributed by atoms with van der Waals surface area (Å²) in [4.78, 5) is 37.5. The summed E-state index contributed by atoms with van der Waals surface area (Å²) < 4.78 is 0. The number of aliphatic carboxylic acids is 1. The van der Waals surface area contributed by atoms with Gasteiger partial charge in [-0.25, -0.2) is 4.79 Å². The number of carboxylic acid groups (broad SMARTS) is 1. The molecule has 7 heteroatoms. The van der Waals surface area contributed by atoms with Gasteiger partial charge in [0, 0.05) is 20.1 Å². The molecule has 0 bridgehead atoms. The molecule has 0 spiro atoms. The molecule has 0 aromatic heterocycles. The van der Waals surface area contributed by atoms with Crippen LogP contribution < -0.4 is 5.32 Å². The van der Waals surface area contributed by atoms with Crippen LogP contribution >= 0.6 is 0 Å². The minimum absolute atomic E-state index is 0.160. The van der Waals surface area contributed by atoms with Crippen LogP contribution in [0.15, 0.2) is 0 Å². The number of nitrogens with one attached hydrogen (secondary N) is 1. The van der Waals surface area contributed by atoms with Crippen molar-refractivity contribution >= 4 is 17.9 Å². The zero-order chi connectivity index (χ0) is 14.1. The van der Waals surface area contributed by atoms with E-state index < -0.39 is 23.6 Å². The summed E-state index contributed by atoms with van der Waals surface area (Å²) in [5, 5.41) is 11.1. The van der Waals surface area contributed by atoms with Crippen LogP contribution in [-0.4, -0.2) is 64.5 Å². The number of rotatable bonds is 2. The van der Waals surface area contributed by atoms with Crippen molar-refractivity contribution in [3.05, 3.63) is 0 Å². The van der Waals surface area contributed by atoms with Crippen LogP contribution in [0.1, 0.15) is 20.8 Å². The maximum absolute atomic E-state index is 12.0. The van der Waals surface area contributed by atoms with E-state index >= 15 is 0 Å². The van der Waals surface area contributed by atoms with Gasteiger partial charge in [0.2, 0.25) is 5.91 Å². The molecule has 2 N–H and O–H groups in total. The predicted octanol–water partition coefficient (Wildman–Crippen LogP) is -0.278. The molecule has 0 aromatic carbocycles. The lowest BCUT2D eigenvalue weighted by Crippen LogP contribution is -2.66. The largest absolute Gasteiger partial charge is 0.480 e. The monoisotopic (exact) mass is 257 g/mol. The first kappa shape index (κ1) is 14.3. The Labute approximate surface area is 106 Å². The molecule has 1 atom stereocenters. The second-order valence-corrected chi connectivity index (χ2v) is 4.95. The van der Waals surface area contributed by atoms with Gasteiger partial charge >= 0.3 is 12.0 Å². The van der Waals surface area contributed by atoms with Gasteiger partial charge in [-0.1, -0.05) is 0 Å². The normalized spacial score (nSPS) is 20.6. The van der Waals surface area contributed by atoms with Crippen molar-refractivity contribution in [1.82, 2.24) is 15.1 Å². The zero-order valence-corrected chi connectivity index (χ0v) is 11.1. The molecule has 0 saturated carbocycles. The van der Waals surface area contributed by atoms with Crippen LogP contribution in [0.25, 0.3) is 0 Å². The molecule has 1 heterocycles. The van der Waals surface area contributed by atoms with Crippen LogP contribution in [0.2, 0.25) is 0 Å². The SMILES string of the molecule is CC(NC(=O)N1CCN(C)C(=O)C1(C)C)C(=O)O. The fourth-order valence-electron chi connectivity index (χ4n) is 1.89. The Morgan fingerprint density at radius 2 is 1.94 bits per heavy atom. The first-order chi connectivity index (χ1) is 8.17. The van der Waals surface area contributed by atoms with E-state index in [0.717, 1.165) is 0 Å². The third-order valence-electron chi connectivity index (χ3n) is 3.16. The average molecular weight is 257 g/mol. The van der Waals surface area contributed by atoms with Crippen LogP contribution in [0.5, 0.6) is 0 Å². The highest BCUT2D eigenvalue weighted by molar-refractivity contribution is 5.92. The summed E-state index contributed by atoms with van der Waals surface area (Å²) in [7, 11) is 1.68. The van der Waals surface area contributed by atoms with Gasteiger partial charge in [0.15, 0.2) is 0 Å². The highest BCUT2D eigenvalue weighted by atomic mass is 16.4. The summed E-state index contributed by atoms with van der Waals surface area (Å²) in [6.07, 6.45) is 0. The maximum Gasteiger partial charge on any atom is 0.325 e. The van der Waals surface area contributed by atoms with Crippen molar-refractivity contribution in [2.24, 2.45) is 0 Å². The van der Waals surface area contributed by atoms with Crippen LogP contribution in [-0.2, 0) is 9.59 Å². The summed E-state index contributed by atoms with van der Waals surface area (Å²) >= 11 is 0. The third-order valence-corrected chi connectivity index (χ3v) is 3.16. The second kappa shape index (κ2) is 4.83. The molecule has 1 aliphatic rings. The van der Waals surface area contributed by atoms with Crippen molar-refractivity contribution in [2.45, 2.75) is 32.4 Å². The zero-order valence-electron chi connectivity index (χ0n) is 11.1. The molecule has 1 rings (SSSR count). The predicted molar refractivity (Wildman–Crippen MR) is 64.1 cm³/mol. The average Bonchev–Trinajstić information content (AvgIpc) is 2.25. The molecule has 0 aliphatic carbocycles. The lowest BCUT2D eigenvalue weighted by Gasteiger charge is -2.44. The molecule has 0 aromatic rings. The summed E-state index contributed by atoms with van der Waals surface area (Å²) in [6, 6.07) is -1.51. The Morgan fingerprint density at radius 3 is 2.44 bits per heavy atom. The number of carbonyl (C=O) groups is 3. The number of carbonyl (C=O) groups excluding carboxylic acids is 2. The number of nitrogens with zero attached hydrogens (tertiary/aromatic N) is 2. The molecule has 18 heavy (non-hydrogen) atoms. The van der Waals surface area contributed by atoms with Gasteiger partial charge in [-0.2, -0.15) is 0 Å². The lowest BCUT2D eigenvalue weighted by atomic mass is 9.98. The fraction of sp³-hybridized carbons (Fsp3) is 0.727. The Hall–Kier alpha value is -1.79. The van der Waals surface area contributed by atoms with Crippen molar-refractivity contribution in [3.8, 4) is 0 Å². The number of hydrogen-bond donors (Lipinski definition) is 2. The van der Waals surface area contributed by atoms with E-state index in [-0.39, 0.29) is 5.91 Å². The number of urea groups is 1. The molecule has 102 valence electrons. The topological polar surface area (TPSA) is 90.0 Å². The first-order valence-electron chi connectivity index (χ1n) is 5.74. The number of hydrogen-bond acceptors (Lipinski definition) is 3. The van der Waals surface area contributed by atoms with Crippen molar-refractivity contribution in [3.63, 3.8) is 0 Å². The van der Waals surface area contributed by atoms with Crippen LogP contribution in [0, 0.1) is 0 Å². The molecule has 7 nitrogen and oxygen atoms in total. The van der Waals surface area contributed by atoms with Gasteiger partial charge in [-0.05, 0) is 20.8 Å². The smallest absolute Gasteiger partial charge is 0.325 e. The second-order valence-electron chi connectivity index (χ2n) is 4.95. The van der Waals surface area contributed by atoms with Gasteiger partial charge in [0.1, 0.15) is 11.6 Å². The van der Waals surface area contributed by atoms with E-state index in [2.05, 4.69) is 5.32 Å². The van der Waals surface area contributed by atoms with Gasteiger partial charge in [0.25, 0.3) is 0 Å². The molecule has 1 saturated heterocycles. The Bertz CT molecular complexity index is 380. The standard InChI is InChI=1S/C11H19N3O4/c1-7(8(15)16)12-10(18)14-6-5-13(4)9(17)11(14,2)3/h7H,5-6H2,1-4H3,(H,12,18)(H,15,16). The number of likely N-dealkylation sites (N-methyl/N-ethyl adjacent to an activating group) is 1. The van der Waals surface area contributed by atoms with Crippen LogP contribution in [0.4, 0.5) is 4.79 Å². The van der Waals surface area contributed by atoms with E-state index in [1.165, 1.54) is 11.8 Å². The van der Waals surface area contributed by atoms with Gasteiger partial charge < -0.3 is 20.2 Å². The maximum atomic E-state index is 12.0. The molecule has 3 amide bonds. The first-order valence-corrected chi connectivity index (χ1v) is 5.74. The number of piperazine rings is 1. The molecular weight excluding hydrogens is 238 g/mol. The number of carboxylic acids is 1. The Balaban J connectivity index is 2.80. The lowest BCUT2D eigenvalue weighted by molar-refractivity contribution is -0.144. The third kappa shape index (κ3) is 2.55. The summed E-state index contributed by atoms with van der Waals surface area (Å²) in [6.45, 7) is 5.50. The minimum atomic E-state index is -1.11. The highest BCUT2D eigenvalue weighted by Crippen LogP contribution is 2.21. The van der Waals surface area contributed by atoms with Gasteiger partial charge in [-0.15, -0.1) is 0 Å². The van der Waals surface area contributed by atoms with Crippen molar-refractivity contribution in [2.75, 3.05) is 20.1 Å². The van der Waals surface area contributed by atoms with Gasteiger partial charge in [0.05, 0.1) is 0 Å². The quantitative estimate of drug-likeness (QED) is 0.712. The van der Waals surface area contributed by atoms with E-state index in [9.17, 15) is 14.4 Å². The van der Waals surface area contributed by atoms with Crippen molar-refractivity contribution in [1.29, 1.82) is 0 Å². The van der Waals surface area contributed by atoms with E-state index in [1.807, 2.05) is 0 Å². The summed E-state index contributed by atoms with van der Waals surface area (Å²) in [5.41, 5.74) is -0.963. The van der Waals surface area contributed by atoms with Gasteiger partial charge in [-0.3, -0.25) is 9.59 Å².